The molecule has 0 aliphatic heterocycles. The number of carbonyl (C=O) groups excluding carboxylic acids is 1. The Labute approximate surface area is 139 Å². The second kappa shape index (κ2) is 6.81. The Balaban J connectivity index is 2.20. The van der Waals surface area contributed by atoms with E-state index in [1.807, 2.05) is 0 Å². The van der Waals surface area contributed by atoms with Crippen molar-refractivity contribution in [3.8, 4) is 5.75 Å². The van der Waals surface area contributed by atoms with Gasteiger partial charge in [0.2, 0.25) is 0 Å². The highest BCUT2D eigenvalue weighted by Gasteiger charge is 2.12. The molecule has 0 fully saturated rings. The van der Waals surface area contributed by atoms with Gasteiger partial charge in [0.1, 0.15) is 12.4 Å². The van der Waals surface area contributed by atoms with Gasteiger partial charge in [-0.25, -0.2) is 0 Å². The van der Waals surface area contributed by atoms with Crippen LogP contribution < -0.4 is 4.74 Å². The molecule has 0 heterocycles. The summed E-state index contributed by atoms with van der Waals surface area (Å²) in [7, 11) is 0. The molecular formula is C14H8BrCl3O2. The summed E-state index contributed by atoms with van der Waals surface area (Å²) in [6.45, 7) is 0.217. The Hall–Kier alpha value is -0.740. The molecule has 0 atom stereocenters. The molecule has 0 aliphatic rings. The van der Waals surface area contributed by atoms with Crippen molar-refractivity contribution >= 4 is 56.0 Å². The first kappa shape index (κ1) is 15.6. The molecule has 0 radical (unpaired) electrons. The van der Waals surface area contributed by atoms with E-state index in [4.69, 9.17) is 39.5 Å². The lowest BCUT2D eigenvalue weighted by molar-refractivity contribution is 0.107. The molecule has 0 N–H and O–H groups in total. The molecule has 6 heteroatoms. The second-order valence-corrected chi connectivity index (χ2v) is 6.04. The van der Waals surface area contributed by atoms with Crippen molar-refractivity contribution < 1.29 is 9.53 Å². The van der Waals surface area contributed by atoms with Crippen LogP contribution in [0.15, 0.2) is 40.9 Å². The van der Waals surface area contributed by atoms with Crippen LogP contribution >= 0.6 is 50.7 Å². The number of hydrogen-bond donors (Lipinski definition) is 0. The molecule has 20 heavy (non-hydrogen) atoms. The zero-order valence-corrected chi connectivity index (χ0v) is 13.9. The van der Waals surface area contributed by atoms with Gasteiger partial charge >= 0.3 is 0 Å². The van der Waals surface area contributed by atoms with Crippen LogP contribution in [0.25, 0.3) is 0 Å². The summed E-state index contributed by atoms with van der Waals surface area (Å²) in [4.78, 5) is 11.4. The topological polar surface area (TPSA) is 26.3 Å². The Morgan fingerprint density at radius 2 is 1.90 bits per heavy atom. The Morgan fingerprint density at radius 1 is 1.15 bits per heavy atom. The molecule has 0 aliphatic carbocycles. The average molecular weight is 394 g/mol. The van der Waals surface area contributed by atoms with Gasteiger partial charge in [-0.05, 0) is 41.9 Å². The van der Waals surface area contributed by atoms with E-state index in [0.29, 0.717) is 21.4 Å². The molecule has 2 aromatic carbocycles. The van der Waals surface area contributed by atoms with Crippen LogP contribution in [0.2, 0.25) is 10.0 Å². The van der Waals surface area contributed by atoms with Crippen molar-refractivity contribution in [3.05, 3.63) is 62.0 Å². The standard InChI is InChI=1S/C14H8BrCl3O2/c15-9-2-4-13(11(5-9)14(18)19)20-7-8-1-3-10(16)6-12(8)17/h1-6H,7H2. The molecule has 0 amide bonds. The third-order valence-electron chi connectivity index (χ3n) is 2.55. The normalized spacial score (nSPS) is 10.4. The highest BCUT2D eigenvalue weighted by Crippen LogP contribution is 2.27. The van der Waals surface area contributed by atoms with Crippen molar-refractivity contribution in [2.45, 2.75) is 6.61 Å². The summed E-state index contributed by atoms with van der Waals surface area (Å²) in [5, 5.41) is 0.482. The summed E-state index contributed by atoms with van der Waals surface area (Å²) < 4.78 is 6.36. The van der Waals surface area contributed by atoms with Gasteiger partial charge in [0.25, 0.3) is 5.24 Å². The van der Waals surface area contributed by atoms with E-state index in [-0.39, 0.29) is 6.61 Å². The minimum absolute atomic E-state index is 0.217. The number of hydrogen-bond acceptors (Lipinski definition) is 2. The van der Waals surface area contributed by atoms with Crippen molar-refractivity contribution in [2.24, 2.45) is 0 Å². The highest BCUT2D eigenvalue weighted by molar-refractivity contribution is 9.10. The van der Waals surface area contributed by atoms with Gasteiger partial charge < -0.3 is 4.74 Å². The highest BCUT2D eigenvalue weighted by atomic mass is 79.9. The number of rotatable bonds is 4. The van der Waals surface area contributed by atoms with Gasteiger partial charge in [-0.1, -0.05) is 45.2 Å². The lowest BCUT2D eigenvalue weighted by atomic mass is 10.2. The van der Waals surface area contributed by atoms with Crippen LogP contribution in [0.4, 0.5) is 0 Å². The van der Waals surface area contributed by atoms with Gasteiger partial charge in [-0.2, -0.15) is 0 Å². The summed E-state index contributed by atoms with van der Waals surface area (Å²) in [5.74, 6) is 0.402. The first-order chi connectivity index (χ1) is 9.47. The van der Waals surface area contributed by atoms with Crippen LogP contribution in [0, 0.1) is 0 Å². The predicted molar refractivity (Wildman–Crippen MR) is 85.1 cm³/mol. The van der Waals surface area contributed by atoms with Crippen LogP contribution in [-0.4, -0.2) is 5.24 Å². The summed E-state index contributed by atoms with van der Waals surface area (Å²) in [6.07, 6.45) is 0. The van der Waals surface area contributed by atoms with Gasteiger partial charge in [0, 0.05) is 20.1 Å². The summed E-state index contributed by atoms with van der Waals surface area (Å²) in [6, 6.07) is 10.2. The molecule has 104 valence electrons. The van der Waals surface area contributed by atoms with Crippen molar-refractivity contribution in [2.75, 3.05) is 0 Å². The number of benzene rings is 2. The van der Waals surface area contributed by atoms with E-state index < -0.39 is 5.24 Å². The lowest BCUT2D eigenvalue weighted by Crippen LogP contribution is -2.01. The molecule has 2 nitrogen and oxygen atoms in total. The minimum atomic E-state index is -0.580. The molecule has 0 unspecified atom stereocenters. The second-order valence-electron chi connectivity index (χ2n) is 3.94. The molecule has 0 aromatic heterocycles. The van der Waals surface area contributed by atoms with Gasteiger partial charge in [-0.15, -0.1) is 0 Å². The van der Waals surface area contributed by atoms with Crippen LogP contribution in [0.3, 0.4) is 0 Å². The fourth-order valence-corrected chi connectivity index (χ4v) is 2.55. The van der Waals surface area contributed by atoms with Gasteiger partial charge in [0.05, 0.1) is 5.56 Å². The van der Waals surface area contributed by atoms with Crippen LogP contribution in [-0.2, 0) is 6.61 Å². The molecule has 0 spiro atoms. The molecule has 0 saturated carbocycles. The maximum atomic E-state index is 11.4. The molecular weight excluding hydrogens is 386 g/mol. The maximum Gasteiger partial charge on any atom is 0.256 e. The quantitative estimate of drug-likeness (QED) is 0.621. The maximum absolute atomic E-state index is 11.4. The van der Waals surface area contributed by atoms with Gasteiger partial charge in [0.15, 0.2) is 0 Å². The Bertz CT molecular complexity index is 659. The van der Waals surface area contributed by atoms with Gasteiger partial charge in [-0.3, -0.25) is 4.79 Å². The van der Waals surface area contributed by atoms with Crippen molar-refractivity contribution in [1.82, 2.24) is 0 Å². The van der Waals surface area contributed by atoms with E-state index in [2.05, 4.69) is 15.9 Å². The smallest absolute Gasteiger partial charge is 0.256 e. The third kappa shape index (κ3) is 3.89. The van der Waals surface area contributed by atoms with Crippen LogP contribution in [0.5, 0.6) is 5.75 Å². The van der Waals surface area contributed by atoms with Crippen LogP contribution in [0.1, 0.15) is 15.9 Å². The van der Waals surface area contributed by atoms with Crippen molar-refractivity contribution in [1.29, 1.82) is 0 Å². The third-order valence-corrected chi connectivity index (χ3v) is 3.84. The first-order valence-corrected chi connectivity index (χ1v) is 7.46. The SMILES string of the molecule is O=C(Cl)c1cc(Br)ccc1OCc1ccc(Cl)cc1Cl. The number of halogens is 4. The fourth-order valence-electron chi connectivity index (χ4n) is 1.58. The first-order valence-electron chi connectivity index (χ1n) is 5.53. The molecule has 2 rings (SSSR count). The Morgan fingerprint density at radius 3 is 2.55 bits per heavy atom. The zero-order valence-electron chi connectivity index (χ0n) is 10.00. The zero-order chi connectivity index (χ0) is 14.7. The van der Waals surface area contributed by atoms with E-state index in [9.17, 15) is 4.79 Å². The van der Waals surface area contributed by atoms with E-state index in [0.717, 1.165) is 10.0 Å². The van der Waals surface area contributed by atoms with Crippen molar-refractivity contribution in [3.63, 3.8) is 0 Å². The number of ether oxygens (including phenoxy) is 1. The summed E-state index contributed by atoms with van der Waals surface area (Å²) >= 11 is 20.7. The van der Waals surface area contributed by atoms with E-state index >= 15 is 0 Å². The van der Waals surface area contributed by atoms with E-state index in [1.54, 1.807) is 36.4 Å². The largest absolute Gasteiger partial charge is 0.488 e. The minimum Gasteiger partial charge on any atom is -0.488 e. The molecule has 0 saturated heterocycles. The lowest BCUT2D eigenvalue weighted by Gasteiger charge is -2.11. The Kier molecular flexibility index (Phi) is 5.33. The predicted octanol–water partition coefficient (Wildman–Crippen LogP) is 5.71. The summed E-state index contributed by atoms with van der Waals surface area (Å²) in [5.41, 5.74) is 1.07. The monoisotopic (exact) mass is 392 g/mol. The van der Waals surface area contributed by atoms with E-state index in [1.165, 1.54) is 0 Å². The fraction of sp³-hybridized carbons (Fsp3) is 0.0714. The molecule has 2 aromatic rings. The average Bonchev–Trinajstić information content (AvgIpc) is 2.38. The molecule has 0 bridgehead atoms. The number of carbonyl (C=O) groups is 1.